The maximum absolute atomic E-state index is 12.7. The fourth-order valence-electron chi connectivity index (χ4n) is 3.46. The Labute approximate surface area is 150 Å². The summed E-state index contributed by atoms with van der Waals surface area (Å²) in [5.41, 5.74) is 1.92. The predicted molar refractivity (Wildman–Crippen MR) is 95.3 cm³/mol. The highest BCUT2D eigenvalue weighted by Crippen LogP contribution is 2.21. The Hall–Kier alpha value is -3.09. The van der Waals surface area contributed by atoms with Crippen molar-refractivity contribution in [2.75, 3.05) is 6.54 Å². The first kappa shape index (κ1) is 16.4. The molecule has 7 heteroatoms. The number of aryl methyl sites for hydroxylation is 1. The summed E-state index contributed by atoms with van der Waals surface area (Å²) in [6.07, 6.45) is 2.92. The number of para-hydroxylation sites is 2. The molecule has 3 aromatic rings. The molecule has 1 saturated heterocycles. The van der Waals surface area contributed by atoms with Crippen LogP contribution in [0.5, 0.6) is 0 Å². The van der Waals surface area contributed by atoms with Gasteiger partial charge < -0.3 is 19.2 Å². The van der Waals surface area contributed by atoms with E-state index in [4.69, 9.17) is 4.42 Å². The summed E-state index contributed by atoms with van der Waals surface area (Å²) >= 11 is 0. The summed E-state index contributed by atoms with van der Waals surface area (Å²) in [5, 5.41) is 2.93. The molecule has 0 saturated carbocycles. The third-order valence-electron chi connectivity index (χ3n) is 4.85. The fraction of sp³-hybridized carbons (Fsp3) is 0.316. The number of likely N-dealkylation sites (tertiary alicyclic amines) is 1. The molecule has 0 radical (unpaired) electrons. The smallest absolute Gasteiger partial charge is 0.290 e. The second kappa shape index (κ2) is 6.67. The highest BCUT2D eigenvalue weighted by atomic mass is 16.3. The van der Waals surface area contributed by atoms with Crippen LogP contribution in [0.25, 0.3) is 11.0 Å². The third-order valence-corrected chi connectivity index (χ3v) is 4.85. The van der Waals surface area contributed by atoms with E-state index in [1.807, 2.05) is 35.9 Å². The van der Waals surface area contributed by atoms with Gasteiger partial charge in [-0.25, -0.2) is 4.98 Å². The maximum Gasteiger partial charge on any atom is 0.290 e. The van der Waals surface area contributed by atoms with Crippen molar-refractivity contribution in [2.45, 2.75) is 25.4 Å². The molecule has 7 nitrogen and oxygen atoms in total. The lowest BCUT2D eigenvalue weighted by Gasteiger charge is -2.22. The average Bonchev–Trinajstić information content (AvgIpc) is 3.40. The first-order chi connectivity index (χ1) is 12.6. The molecule has 134 valence electrons. The lowest BCUT2D eigenvalue weighted by atomic mass is 10.2. The largest absolute Gasteiger partial charge is 0.459 e. The molecule has 1 aliphatic heterocycles. The van der Waals surface area contributed by atoms with E-state index < -0.39 is 6.04 Å². The van der Waals surface area contributed by atoms with Crippen LogP contribution in [-0.4, -0.2) is 38.9 Å². The van der Waals surface area contributed by atoms with E-state index in [-0.39, 0.29) is 17.6 Å². The van der Waals surface area contributed by atoms with Crippen LogP contribution in [0.15, 0.2) is 47.1 Å². The van der Waals surface area contributed by atoms with E-state index in [1.165, 1.54) is 6.26 Å². The van der Waals surface area contributed by atoms with Crippen LogP contribution in [0.1, 0.15) is 29.2 Å². The molecule has 1 unspecified atom stereocenters. The molecule has 3 heterocycles. The molecule has 2 amide bonds. The van der Waals surface area contributed by atoms with Crippen molar-refractivity contribution >= 4 is 22.8 Å². The number of rotatable bonds is 4. The number of amides is 2. The van der Waals surface area contributed by atoms with Crippen molar-refractivity contribution < 1.29 is 14.0 Å². The molecule has 1 atom stereocenters. The molecule has 0 spiro atoms. The second-order valence-electron chi connectivity index (χ2n) is 6.43. The van der Waals surface area contributed by atoms with Gasteiger partial charge in [-0.05, 0) is 37.1 Å². The first-order valence-electron chi connectivity index (χ1n) is 8.67. The molecule has 1 aromatic carbocycles. The van der Waals surface area contributed by atoms with Crippen molar-refractivity contribution in [3.63, 3.8) is 0 Å². The number of aromatic nitrogens is 2. The van der Waals surface area contributed by atoms with Gasteiger partial charge in [-0.1, -0.05) is 12.1 Å². The zero-order valence-electron chi connectivity index (χ0n) is 14.5. The molecule has 0 bridgehead atoms. The second-order valence-corrected chi connectivity index (χ2v) is 6.43. The van der Waals surface area contributed by atoms with E-state index in [0.29, 0.717) is 19.5 Å². The number of nitrogens with zero attached hydrogens (tertiary/aromatic N) is 3. The van der Waals surface area contributed by atoms with Crippen molar-refractivity contribution in [3.05, 3.63) is 54.2 Å². The van der Waals surface area contributed by atoms with Crippen molar-refractivity contribution in [1.82, 2.24) is 19.8 Å². The SMILES string of the molecule is Cn1c(CNC(=O)C2CCCN2C(=O)c2ccco2)nc2ccccc21. The number of carbonyl (C=O) groups excluding carboxylic acids is 2. The number of hydrogen-bond acceptors (Lipinski definition) is 4. The topological polar surface area (TPSA) is 80.4 Å². The molecule has 1 fully saturated rings. The molecule has 1 aliphatic rings. The van der Waals surface area contributed by atoms with Crippen LogP contribution in [0.3, 0.4) is 0 Å². The number of hydrogen-bond donors (Lipinski definition) is 1. The van der Waals surface area contributed by atoms with E-state index in [9.17, 15) is 9.59 Å². The monoisotopic (exact) mass is 352 g/mol. The molecule has 2 aromatic heterocycles. The molecule has 4 rings (SSSR count). The van der Waals surface area contributed by atoms with Gasteiger partial charge in [-0.2, -0.15) is 0 Å². The molecular formula is C19H20N4O3. The lowest BCUT2D eigenvalue weighted by Crippen LogP contribution is -2.45. The number of furan rings is 1. The highest BCUT2D eigenvalue weighted by molar-refractivity contribution is 5.96. The standard InChI is InChI=1S/C19H20N4O3/c1-22-14-7-3-2-6-13(14)21-17(22)12-20-18(24)15-8-4-10-23(15)19(25)16-9-5-11-26-16/h2-3,5-7,9,11,15H,4,8,10,12H2,1H3,(H,20,24). The van der Waals surface area contributed by atoms with E-state index in [2.05, 4.69) is 10.3 Å². The van der Waals surface area contributed by atoms with Gasteiger partial charge in [0.05, 0.1) is 23.8 Å². The lowest BCUT2D eigenvalue weighted by molar-refractivity contribution is -0.125. The van der Waals surface area contributed by atoms with E-state index in [1.54, 1.807) is 17.0 Å². The normalized spacial score (nSPS) is 17.0. The number of carbonyl (C=O) groups is 2. The Balaban J connectivity index is 1.45. The van der Waals surface area contributed by atoms with Gasteiger partial charge in [0, 0.05) is 13.6 Å². The predicted octanol–water partition coefficient (Wildman–Crippen LogP) is 2.09. The van der Waals surface area contributed by atoms with Gasteiger partial charge in [0.25, 0.3) is 5.91 Å². The van der Waals surface area contributed by atoms with Gasteiger partial charge >= 0.3 is 0 Å². The van der Waals surface area contributed by atoms with Gasteiger partial charge in [-0.15, -0.1) is 0 Å². The van der Waals surface area contributed by atoms with Crippen LogP contribution in [0.4, 0.5) is 0 Å². The summed E-state index contributed by atoms with van der Waals surface area (Å²) in [4.78, 5) is 31.3. The van der Waals surface area contributed by atoms with Crippen LogP contribution >= 0.6 is 0 Å². The minimum Gasteiger partial charge on any atom is -0.459 e. The Morgan fingerprint density at radius 3 is 2.88 bits per heavy atom. The number of fused-ring (bicyclic) bond motifs is 1. The Morgan fingerprint density at radius 1 is 1.27 bits per heavy atom. The highest BCUT2D eigenvalue weighted by Gasteiger charge is 2.35. The number of benzene rings is 1. The Bertz CT molecular complexity index is 945. The van der Waals surface area contributed by atoms with Crippen molar-refractivity contribution in [3.8, 4) is 0 Å². The summed E-state index contributed by atoms with van der Waals surface area (Å²) in [7, 11) is 1.93. The van der Waals surface area contributed by atoms with Crippen LogP contribution < -0.4 is 5.32 Å². The van der Waals surface area contributed by atoms with Crippen molar-refractivity contribution in [1.29, 1.82) is 0 Å². The first-order valence-corrected chi connectivity index (χ1v) is 8.67. The fourth-order valence-corrected chi connectivity index (χ4v) is 3.46. The quantitative estimate of drug-likeness (QED) is 0.780. The molecule has 0 aliphatic carbocycles. The summed E-state index contributed by atoms with van der Waals surface area (Å²) in [6.45, 7) is 0.882. The minimum absolute atomic E-state index is 0.158. The van der Waals surface area contributed by atoms with Crippen LogP contribution in [0, 0.1) is 0 Å². The van der Waals surface area contributed by atoms with E-state index >= 15 is 0 Å². The minimum atomic E-state index is -0.470. The average molecular weight is 352 g/mol. The van der Waals surface area contributed by atoms with Gasteiger partial charge in [0.1, 0.15) is 11.9 Å². The summed E-state index contributed by atoms with van der Waals surface area (Å²) in [6, 6.07) is 10.7. The van der Waals surface area contributed by atoms with Crippen LogP contribution in [0.2, 0.25) is 0 Å². The Morgan fingerprint density at radius 2 is 2.12 bits per heavy atom. The molecule has 26 heavy (non-hydrogen) atoms. The summed E-state index contributed by atoms with van der Waals surface area (Å²) < 4.78 is 7.15. The zero-order valence-corrected chi connectivity index (χ0v) is 14.5. The number of imidazole rings is 1. The van der Waals surface area contributed by atoms with E-state index in [0.717, 1.165) is 23.3 Å². The number of nitrogens with one attached hydrogen (secondary N) is 1. The van der Waals surface area contributed by atoms with Gasteiger partial charge in [0.2, 0.25) is 5.91 Å². The zero-order chi connectivity index (χ0) is 18.1. The van der Waals surface area contributed by atoms with Gasteiger partial charge in [0.15, 0.2) is 5.76 Å². The summed E-state index contributed by atoms with van der Waals surface area (Å²) in [5.74, 6) is 0.645. The third kappa shape index (κ3) is 2.85. The van der Waals surface area contributed by atoms with Crippen molar-refractivity contribution in [2.24, 2.45) is 7.05 Å². The maximum atomic E-state index is 12.7. The van der Waals surface area contributed by atoms with Crippen LogP contribution in [-0.2, 0) is 18.4 Å². The Kier molecular flexibility index (Phi) is 4.20. The molecular weight excluding hydrogens is 332 g/mol. The van der Waals surface area contributed by atoms with Gasteiger partial charge in [-0.3, -0.25) is 9.59 Å². The molecule has 1 N–H and O–H groups in total.